The number of fused-ring (bicyclic) bond motifs is 1. The SMILES string of the molecule is O=c1oc2ccccc2cc1C1=NN(c2nc(-c3ccc(Br)cc3)cs2)C(c2cc([N+](=O)[O-])ccc2Cl)C1. The molecule has 0 saturated heterocycles. The largest absolute Gasteiger partial charge is 0.422 e. The van der Waals surface area contributed by atoms with Crippen molar-refractivity contribution in [3.05, 3.63) is 119 Å². The van der Waals surface area contributed by atoms with Gasteiger partial charge in [0.05, 0.1) is 27.9 Å². The van der Waals surface area contributed by atoms with Crippen molar-refractivity contribution >= 4 is 66.4 Å². The van der Waals surface area contributed by atoms with E-state index in [1.54, 1.807) is 23.2 Å². The fourth-order valence-corrected chi connectivity index (χ4v) is 5.72. The lowest BCUT2D eigenvalue weighted by Crippen LogP contribution is -2.19. The lowest BCUT2D eigenvalue weighted by Gasteiger charge is -2.22. The molecule has 5 aromatic rings. The van der Waals surface area contributed by atoms with E-state index in [-0.39, 0.29) is 12.1 Å². The van der Waals surface area contributed by atoms with Gasteiger partial charge in [-0.25, -0.2) is 14.8 Å². The van der Waals surface area contributed by atoms with Crippen molar-refractivity contribution in [1.82, 2.24) is 4.98 Å². The summed E-state index contributed by atoms with van der Waals surface area (Å²) in [4.78, 5) is 28.8. The molecule has 38 heavy (non-hydrogen) atoms. The van der Waals surface area contributed by atoms with Crippen LogP contribution in [0.5, 0.6) is 0 Å². The van der Waals surface area contributed by atoms with Gasteiger partial charge in [-0.1, -0.05) is 57.9 Å². The molecule has 3 heterocycles. The molecule has 0 bridgehead atoms. The number of nitro benzene ring substituents is 1. The second-order valence-corrected chi connectivity index (χ2v) is 10.7. The third-order valence-corrected chi connectivity index (χ3v) is 7.94. The molecule has 6 rings (SSSR count). The number of rotatable bonds is 5. The van der Waals surface area contributed by atoms with Crippen LogP contribution in [0.15, 0.2) is 97.0 Å². The fourth-order valence-electron chi connectivity index (χ4n) is 4.38. The third kappa shape index (κ3) is 4.51. The molecule has 0 saturated carbocycles. The van der Waals surface area contributed by atoms with Crippen LogP contribution in [-0.2, 0) is 0 Å². The van der Waals surface area contributed by atoms with E-state index in [4.69, 9.17) is 26.1 Å². The summed E-state index contributed by atoms with van der Waals surface area (Å²) >= 11 is 11.4. The summed E-state index contributed by atoms with van der Waals surface area (Å²) < 4.78 is 6.50. The predicted molar refractivity (Wildman–Crippen MR) is 152 cm³/mol. The van der Waals surface area contributed by atoms with Gasteiger partial charge in [0.2, 0.25) is 5.13 Å². The van der Waals surface area contributed by atoms with Crippen molar-refractivity contribution in [2.24, 2.45) is 5.10 Å². The van der Waals surface area contributed by atoms with Crippen LogP contribution in [0.1, 0.15) is 23.6 Å². The topological polar surface area (TPSA) is 102 Å². The minimum atomic E-state index is -0.521. The van der Waals surface area contributed by atoms with E-state index in [1.807, 2.05) is 41.8 Å². The van der Waals surface area contributed by atoms with E-state index in [9.17, 15) is 14.9 Å². The Labute approximate surface area is 233 Å². The standard InChI is InChI=1S/C27H16BrClN4O4S/c28-17-7-5-15(6-8-17)23-14-38-27(30-23)32-24(19-12-18(33(35)36)9-10-21(19)29)13-22(31-32)20-11-16-3-1-2-4-25(16)37-26(20)34/h1-12,14,24H,13H2. The van der Waals surface area contributed by atoms with Gasteiger partial charge in [0, 0.05) is 49.9 Å². The van der Waals surface area contributed by atoms with Gasteiger partial charge in [-0.05, 0) is 30.3 Å². The van der Waals surface area contributed by atoms with Crippen molar-refractivity contribution in [3.63, 3.8) is 0 Å². The molecule has 11 heteroatoms. The first-order valence-corrected chi connectivity index (χ1v) is 13.5. The van der Waals surface area contributed by atoms with Gasteiger partial charge < -0.3 is 4.42 Å². The highest BCUT2D eigenvalue weighted by atomic mass is 79.9. The normalized spacial score (nSPS) is 15.2. The monoisotopic (exact) mass is 606 g/mol. The summed E-state index contributed by atoms with van der Waals surface area (Å²) in [5.74, 6) is 0. The van der Waals surface area contributed by atoms with Gasteiger partial charge >= 0.3 is 5.63 Å². The zero-order valence-corrected chi connectivity index (χ0v) is 22.5. The number of nitro groups is 1. The lowest BCUT2D eigenvalue weighted by molar-refractivity contribution is -0.384. The summed E-state index contributed by atoms with van der Waals surface area (Å²) in [5.41, 5.74) is 2.90. The van der Waals surface area contributed by atoms with E-state index in [0.717, 1.165) is 21.1 Å². The van der Waals surface area contributed by atoms with E-state index in [1.165, 1.54) is 29.5 Å². The van der Waals surface area contributed by atoms with Crippen LogP contribution in [0, 0.1) is 10.1 Å². The summed E-state index contributed by atoms with van der Waals surface area (Å²) in [6.45, 7) is 0. The molecular formula is C27H16BrClN4O4S. The number of para-hydroxylation sites is 1. The summed E-state index contributed by atoms with van der Waals surface area (Å²) in [7, 11) is 0. The number of nitrogens with zero attached hydrogens (tertiary/aromatic N) is 4. The molecule has 1 aliphatic heterocycles. The maximum atomic E-state index is 12.9. The number of hydrazone groups is 1. The van der Waals surface area contributed by atoms with Crippen molar-refractivity contribution in [2.45, 2.75) is 12.5 Å². The van der Waals surface area contributed by atoms with Gasteiger partial charge in [0.25, 0.3) is 5.69 Å². The second kappa shape index (κ2) is 9.79. The maximum Gasteiger partial charge on any atom is 0.345 e. The Morgan fingerprint density at radius 1 is 1.11 bits per heavy atom. The zero-order chi connectivity index (χ0) is 26.4. The van der Waals surface area contributed by atoms with Crippen LogP contribution in [0.3, 0.4) is 0 Å². The van der Waals surface area contributed by atoms with Crippen molar-refractivity contribution in [3.8, 4) is 11.3 Å². The Kier molecular flexibility index (Phi) is 6.30. The zero-order valence-electron chi connectivity index (χ0n) is 19.4. The first-order chi connectivity index (χ1) is 18.4. The lowest BCUT2D eigenvalue weighted by atomic mass is 9.98. The number of hydrogen-bond acceptors (Lipinski definition) is 8. The Morgan fingerprint density at radius 3 is 2.68 bits per heavy atom. The van der Waals surface area contributed by atoms with Gasteiger partial charge in [-0.3, -0.25) is 10.1 Å². The van der Waals surface area contributed by atoms with Gasteiger partial charge in [-0.15, -0.1) is 11.3 Å². The van der Waals surface area contributed by atoms with E-state index >= 15 is 0 Å². The highest BCUT2D eigenvalue weighted by Gasteiger charge is 2.35. The first kappa shape index (κ1) is 24.5. The molecule has 0 spiro atoms. The number of hydrogen-bond donors (Lipinski definition) is 0. The Hall–Kier alpha value is -3.86. The van der Waals surface area contributed by atoms with E-state index in [0.29, 0.717) is 32.6 Å². The van der Waals surface area contributed by atoms with Crippen LogP contribution >= 0.6 is 38.9 Å². The van der Waals surface area contributed by atoms with Gasteiger partial charge in [0.15, 0.2) is 0 Å². The predicted octanol–water partition coefficient (Wildman–Crippen LogP) is 7.60. The number of thiazole rings is 1. The van der Waals surface area contributed by atoms with Gasteiger partial charge in [-0.2, -0.15) is 5.10 Å². The van der Waals surface area contributed by atoms with Crippen LogP contribution < -0.4 is 10.6 Å². The Balaban J connectivity index is 1.47. The number of non-ortho nitro benzene ring substituents is 1. The van der Waals surface area contributed by atoms with Crippen molar-refractivity contribution < 1.29 is 9.34 Å². The minimum Gasteiger partial charge on any atom is -0.422 e. The third-order valence-electron chi connectivity index (χ3n) is 6.24. The molecule has 0 aliphatic carbocycles. The second-order valence-electron chi connectivity index (χ2n) is 8.58. The number of anilines is 1. The number of benzene rings is 3. The van der Waals surface area contributed by atoms with Gasteiger partial charge in [0.1, 0.15) is 5.58 Å². The molecule has 1 aliphatic rings. The Morgan fingerprint density at radius 2 is 1.89 bits per heavy atom. The molecule has 3 aromatic carbocycles. The molecule has 2 aromatic heterocycles. The Bertz CT molecular complexity index is 1800. The highest BCUT2D eigenvalue weighted by Crippen LogP contribution is 2.42. The summed E-state index contributed by atoms with van der Waals surface area (Å²) in [5, 5.41) is 21.6. The average molecular weight is 608 g/mol. The quantitative estimate of drug-likeness (QED) is 0.116. The summed E-state index contributed by atoms with van der Waals surface area (Å²) in [6, 6.07) is 20.6. The smallest absolute Gasteiger partial charge is 0.345 e. The highest BCUT2D eigenvalue weighted by molar-refractivity contribution is 9.10. The number of aromatic nitrogens is 1. The molecule has 8 nitrogen and oxygen atoms in total. The molecular weight excluding hydrogens is 592 g/mol. The van der Waals surface area contributed by atoms with E-state index < -0.39 is 16.6 Å². The van der Waals surface area contributed by atoms with Crippen molar-refractivity contribution in [1.29, 1.82) is 0 Å². The molecule has 1 atom stereocenters. The maximum absolute atomic E-state index is 12.9. The van der Waals surface area contributed by atoms with E-state index in [2.05, 4.69) is 15.9 Å². The molecule has 0 N–H and O–H groups in total. The van der Waals surface area contributed by atoms with Crippen LogP contribution in [0.2, 0.25) is 5.02 Å². The molecule has 188 valence electrons. The number of halogens is 2. The van der Waals surface area contributed by atoms with Crippen LogP contribution in [0.4, 0.5) is 10.8 Å². The first-order valence-electron chi connectivity index (χ1n) is 11.4. The minimum absolute atomic E-state index is 0.0855. The van der Waals surface area contributed by atoms with Crippen LogP contribution in [-0.4, -0.2) is 15.6 Å². The fraction of sp³-hybridized carbons (Fsp3) is 0.0741. The molecule has 0 fully saturated rings. The molecule has 1 unspecified atom stereocenters. The summed E-state index contributed by atoms with van der Waals surface area (Å²) in [6.07, 6.45) is 0.275. The molecule has 0 radical (unpaired) electrons. The average Bonchev–Trinajstić information content (AvgIpc) is 3.57. The molecule has 0 amide bonds. The van der Waals surface area contributed by atoms with Crippen LogP contribution in [0.25, 0.3) is 22.2 Å². The van der Waals surface area contributed by atoms with Crippen molar-refractivity contribution in [2.75, 3.05) is 5.01 Å².